The molecule has 1 atom stereocenters. The summed E-state index contributed by atoms with van der Waals surface area (Å²) in [4.78, 5) is 28.7. The third kappa shape index (κ3) is 7.48. The van der Waals surface area contributed by atoms with Gasteiger partial charge < -0.3 is 19.1 Å². The molecule has 0 N–H and O–H groups in total. The topological polar surface area (TPSA) is 78.2 Å². The van der Waals surface area contributed by atoms with Crippen molar-refractivity contribution in [2.75, 3.05) is 64.6 Å². The van der Waals surface area contributed by atoms with Gasteiger partial charge in [0.1, 0.15) is 24.3 Å². The second-order valence-corrected chi connectivity index (χ2v) is 8.22. The Labute approximate surface area is 204 Å². The first-order chi connectivity index (χ1) is 15.4. The number of hydrogen-bond acceptors (Lipinski definition) is 7. The van der Waals surface area contributed by atoms with Gasteiger partial charge in [0.05, 0.1) is 13.2 Å². The predicted octanol–water partition coefficient (Wildman–Crippen LogP) is 1.39. The quantitative estimate of drug-likeness (QED) is 0.454. The van der Waals surface area contributed by atoms with Crippen molar-refractivity contribution < 1.29 is 14.2 Å². The number of anilines is 1. The van der Waals surface area contributed by atoms with E-state index in [4.69, 9.17) is 25.8 Å². The number of hydrogen-bond donors (Lipinski definition) is 0. The highest BCUT2D eigenvalue weighted by Gasteiger charge is 2.23. The van der Waals surface area contributed by atoms with E-state index in [1.807, 2.05) is 12.1 Å². The largest absolute Gasteiger partial charge is 0.491 e. The molecule has 0 radical (unpaired) electrons. The molecule has 1 fully saturated rings. The molecule has 0 bridgehead atoms. The zero-order valence-corrected chi connectivity index (χ0v) is 20.8. The Bertz CT molecular complexity index is 988. The van der Waals surface area contributed by atoms with E-state index in [2.05, 4.69) is 9.80 Å². The lowest BCUT2D eigenvalue weighted by atomic mass is 10.2. The van der Waals surface area contributed by atoms with Crippen LogP contribution < -0.4 is 20.9 Å². The molecule has 0 spiro atoms. The van der Waals surface area contributed by atoms with Gasteiger partial charge in [-0.15, -0.1) is 12.4 Å². The molecular formula is C22H32Cl2N4O5. The van der Waals surface area contributed by atoms with Gasteiger partial charge in [-0.05, 0) is 24.3 Å². The van der Waals surface area contributed by atoms with Gasteiger partial charge in [-0.25, -0.2) is 4.79 Å². The van der Waals surface area contributed by atoms with Crippen LogP contribution in [0.15, 0.2) is 39.9 Å². The van der Waals surface area contributed by atoms with Gasteiger partial charge in [-0.2, -0.15) is 0 Å². The summed E-state index contributed by atoms with van der Waals surface area (Å²) in [5, 5.41) is 0.664. The van der Waals surface area contributed by atoms with Crippen molar-refractivity contribution in [1.29, 1.82) is 0 Å². The monoisotopic (exact) mass is 502 g/mol. The van der Waals surface area contributed by atoms with Gasteiger partial charge in [0.25, 0.3) is 5.56 Å². The van der Waals surface area contributed by atoms with Crippen LogP contribution in [0.1, 0.15) is 0 Å². The third-order valence-electron chi connectivity index (χ3n) is 5.55. The van der Waals surface area contributed by atoms with E-state index in [0.29, 0.717) is 50.3 Å². The van der Waals surface area contributed by atoms with E-state index in [1.54, 1.807) is 26.3 Å². The molecule has 1 aliphatic heterocycles. The SMILES string of the molecule is COCCOC(COc1ccc(Cl)cc1)CN1CCN(c2cc(=O)n(C)c(=O)n2C)CC1.Cl. The van der Waals surface area contributed by atoms with Crippen LogP contribution in [0.25, 0.3) is 0 Å². The standard InChI is InChI=1S/C22H31ClN4O5.ClH/c1-24-20(14-21(28)25(2)22(24)29)27-10-8-26(9-11-27)15-19(31-13-12-30-3)16-32-18-6-4-17(23)5-7-18;/h4-7,14,19H,8-13,15-16H2,1-3H3;1H. The molecule has 11 heteroatoms. The molecule has 1 saturated heterocycles. The van der Waals surface area contributed by atoms with E-state index < -0.39 is 0 Å². The minimum atomic E-state index is -0.319. The normalized spacial score (nSPS) is 15.2. The highest BCUT2D eigenvalue weighted by molar-refractivity contribution is 6.30. The smallest absolute Gasteiger partial charge is 0.332 e. The van der Waals surface area contributed by atoms with Crippen LogP contribution in [0.2, 0.25) is 5.02 Å². The molecule has 0 saturated carbocycles. The van der Waals surface area contributed by atoms with Gasteiger partial charge in [0.15, 0.2) is 0 Å². The van der Waals surface area contributed by atoms with Gasteiger partial charge in [-0.3, -0.25) is 18.8 Å². The number of piperazine rings is 1. The van der Waals surface area contributed by atoms with Crippen molar-refractivity contribution in [3.05, 3.63) is 56.2 Å². The van der Waals surface area contributed by atoms with Crippen molar-refractivity contribution in [3.63, 3.8) is 0 Å². The summed E-state index contributed by atoms with van der Waals surface area (Å²) in [5.74, 6) is 1.39. The molecular weight excluding hydrogens is 471 g/mol. The summed E-state index contributed by atoms with van der Waals surface area (Å²) in [7, 11) is 4.82. The van der Waals surface area contributed by atoms with Gasteiger partial charge in [0.2, 0.25) is 0 Å². The minimum absolute atomic E-state index is 0. The summed E-state index contributed by atoms with van der Waals surface area (Å²) in [5.41, 5.74) is -0.614. The first kappa shape index (κ1) is 27.2. The minimum Gasteiger partial charge on any atom is -0.491 e. The number of halogens is 2. The summed E-state index contributed by atoms with van der Waals surface area (Å²) in [6.07, 6.45) is -0.124. The Morgan fingerprint density at radius 2 is 1.67 bits per heavy atom. The van der Waals surface area contributed by atoms with E-state index in [0.717, 1.165) is 23.4 Å². The molecule has 1 aliphatic rings. The molecule has 33 heavy (non-hydrogen) atoms. The Kier molecular flexibility index (Phi) is 10.7. The fourth-order valence-corrected chi connectivity index (χ4v) is 3.77. The van der Waals surface area contributed by atoms with Crippen molar-refractivity contribution in [2.24, 2.45) is 14.1 Å². The Balaban J connectivity index is 0.00000385. The number of nitrogens with zero attached hydrogens (tertiary/aromatic N) is 4. The molecule has 0 amide bonds. The molecule has 2 heterocycles. The van der Waals surface area contributed by atoms with Crippen LogP contribution in [-0.4, -0.2) is 79.8 Å². The number of ether oxygens (including phenoxy) is 3. The summed E-state index contributed by atoms with van der Waals surface area (Å²) in [6.45, 7) is 5.12. The molecule has 184 valence electrons. The summed E-state index contributed by atoms with van der Waals surface area (Å²) < 4.78 is 19.6. The maximum atomic E-state index is 12.2. The lowest BCUT2D eigenvalue weighted by Gasteiger charge is -2.37. The van der Waals surface area contributed by atoms with E-state index in [1.165, 1.54) is 17.7 Å². The Hall–Kier alpha value is -2.04. The van der Waals surface area contributed by atoms with Crippen molar-refractivity contribution >= 4 is 29.8 Å². The number of aromatic nitrogens is 2. The highest BCUT2D eigenvalue weighted by Crippen LogP contribution is 2.17. The van der Waals surface area contributed by atoms with Crippen LogP contribution in [-0.2, 0) is 23.6 Å². The predicted molar refractivity (Wildman–Crippen MR) is 131 cm³/mol. The van der Waals surface area contributed by atoms with E-state index in [9.17, 15) is 9.59 Å². The van der Waals surface area contributed by atoms with Crippen LogP contribution in [0.5, 0.6) is 5.75 Å². The fraction of sp³-hybridized carbons (Fsp3) is 0.545. The maximum absolute atomic E-state index is 12.2. The molecule has 1 aromatic heterocycles. The molecule has 9 nitrogen and oxygen atoms in total. The Morgan fingerprint density at radius 1 is 1.00 bits per heavy atom. The average molecular weight is 503 g/mol. The second-order valence-electron chi connectivity index (χ2n) is 7.78. The van der Waals surface area contributed by atoms with Crippen LogP contribution in [0.3, 0.4) is 0 Å². The van der Waals surface area contributed by atoms with Crippen LogP contribution >= 0.6 is 24.0 Å². The lowest BCUT2D eigenvalue weighted by molar-refractivity contribution is -0.0225. The summed E-state index contributed by atoms with van der Waals surface area (Å²) in [6, 6.07) is 8.78. The van der Waals surface area contributed by atoms with E-state index in [-0.39, 0.29) is 29.8 Å². The molecule has 1 unspecified atom stereocenters. The van der Waals surface area contributed by atoms with E-state index >= 15 is 0 Å². The first-order valence-electron chi connectivity index (χ1n) is 10.6. The molecule has 2 aromatic rings. The van der Waals surface area contributed by atoms with Crippen molar-refractivity contribution in [1.82, 2.24) is 14.0 Å². The lowest BCUT2D eigenvalue weighted by Crippen LogP contribution is -2.51. The second kappa shape index (κ2) is 13.0. The van der Waals surface area contributed by atoms with Crippen molar-refractivity contribution in [3.8, 4) is 5.75 Å². The molecule has 0 aliphatic carbocycles. The zero-order chi connectivity index (χ0) is 23.1. The van der Waals surface area contributed by atoms with Gasteiger partial charge >= 0.3 is 5.69 Å². The maximum Gasteiger partial charge on any atom is 0.332 e. The zero-order valence-electron chi connectivity index (χ0n) is 19.2. The number of benzene rings is 1. The number of rotatable bonds is 10. The molecule has 1 aromatic carbocycles. The number of methoxy groups -OCH3 is 1. The highest BCUT2D eigenvalue weighted by atomic mass is 35.5. The van der Waals surface area contributed by atoms with Crippen LogP contribution in [0, 0.1) is 0 Å². The Morgan fingerprint density at radius 3 is 2.30 bits per heavy atom. The first-order valence-corrected chi connectivity index (χ1v) is 11.0. The molecule has 3 rings (SSSR count). The average Bonchev–Trinajstić information content (AvgIpc) is 2.80. The third-order valence-corrected chi connectivity index (χ3v) is 5.80. The van der Waals surface area contributed by atoms with Gasteiger partial charge in [0, 0.05) is 65.0 Å². The van der Waals surface area contributed by atoms with Crippen LogP contribution in [0.4, 0.5) is 5.82 Å². The van der Waals surface area contributed by atoms with Crippen molar-refractivity contribution in [2.45, 2.75) is 6.10 Å². The fourth-order valence-electron chi connectivity index (χ4n) is 3.64. The summed E-state index contributed by atoms with van der Waals surface area (Å²) >= 11 is 5.94. The van der Waals surface area contributed by atoms with Gasteiger partial charge in [-0.1, -0.05) is 11.6 Å².